The first-order chi connectivity index (χ1) is 6.16. The van der Waals surface area contributed by atoms with E-state index in [1.165, 1.54) is 6.07 Å². The fraction of sp³-hybridized carbons (Fsp3) is 0.125. The predicted octanol–water partition coefficient (Wildman–Crippen LogP) is 1.28. The number of nitrogens with zero attached hydrogens (tertiary/aromatic N) is 2. The maximum absolute atomic E-state index is 10.9. The zero-order valence-electron chi connectivity index (χ0n) is 6.84. The minimum atomic E-state index is -0.193. The van der Waals surface area contributed by atoms with Crippen LogP contribution >= 0.6 is 11.6 Å². The van der Waals surface area contributed by atoms with Crippen LogP contribution in [0.15, 0.2) is 16.9 Å². The van der Waals surface area contributed by atoms with Gasteiger partial charge >= 0.3 is 0 Å². The molecule has 2 aromatic heterocycles. The largest absolute Gasteiger partial charge is 0.306 e. The third-order valence-corrected chi connectivity index (χ3v) is 1.92. The van der Waals surface area contributed by atoms with Gasteiger partial charge in [-0.3, -0.25) is 4.79 Å². The molecule has 2 aromatic rings. The number of aromatic nitrogens is 3. The highest BCUT2D eigenvalue weighted by Gasteiger charge is 2.02. The van der Waals surface area contributed by atoms with E-state index in [0.29, 0.717) is 5.65 Å². The molecular formula is C8H6ClN3O. The second-order valence-corrected chi connectivity index (χ2v) is 3.00. The molecule has 0 aliphatic carbocycles. The highest BCUT2D eigenvalue weighted by molar-refractivity contribution is 6.28. The minimum absolute atomic E-state index is 0.145. The van der Waals surface area contributed by atoms with Gasteiger partial charge in [-0.2, -0.15) is 4.98 Å². The predicted molar refractivity (Wildman–Crippen MR) is 49.9 cm³/mol. The molecule has 0 saturated carbocycles. The van der Waals surface area contributed by atoms with Gasteiger partial charge < -0.3 is 4.98 Å². The van der Waals surface area contributed by atoms with Gasteiger partial charge in [0.05, 0.1) is 5.69 Å². The van der Waals surface area contributed by atoms with Crippen LogP contribution in [-0.2, 0) is 0 Å². The van der Waals surface area contributed by atoms with Crippen molar-refractivity contribution in [1.82, 2.24) is 15.0 Å². The molecule has 0 saturated heterocycles. The van der Waals surface area contributed by atoms with Crippen molar-refractivity contribution in [2.24, 2.45) is 0 Å². The van der Waals surface area contributed by atoms with Crippen LogP contribution in [0.2, 0.25) is 5.28 Å². The standard InChI is InChI=1S/C8H6ClN3O/c1-4-5-2-3-6(13)11-7(5)12-8(9)10-4/h2-3H,1H3,(H,10,11,12,13). The maximum Gasteiger partial charge on any atom is 0.249 e. The van der Waals surface area contributed by atoms with Crippen molar-refractivity contribution in [3.05, 3.63) is 33.5 Å². The molecule has 0 aliphatic rings. The first-order valence-corrected chi connectivity index (χ1v) is 4.08. The molecule has 2 rings (SSSR count). The Bertz CT molecular complexity index is 520. The number of hydrogen-bond acceptors (Lipinski definition) is 3. The van der Waals surface area contributed by atoms with E-state index in [0.717, 1.165) is 11.1 Å². The van der Waals surface area contributed by atoms with E-state index in [2.05, 4.69) is 15.0 Å². The van der Waals surface area contributed by atoms with Gasteiger partial charge in [0.25, 0.3) is 0 Å². The molecule has 0 aromatic carbocycles. The van der Waals surface area contributed by atoms with Crippen LogP contribution in [0.3, 0.4) is 0 Å². The third-order valence-electron chi connectivity index (χ3n) is 1.75. The van der Waals surface area contributed by atoms with Crippen molar-refractivity contribution in [2.45, 2.75) is 6.92 Å². The van der Waals surface area contributed by atoms with E-state index in [4.69, 9.17) is 11.6 Å². The van der Waals surface area contributed by atoms with Gasteiger partial charge in [-0.15, -0.1) is 0 Å². The molecule has 0 spiro atoms. The topological polar surface area (TPSA) is 58.6 Å². The van der Waals surface area contributed by atoms with E-state index in [1.54, 1.807) is 6.07 Å². The highest BCUT2D eigenvalue weighted by atomic mass is 35.5. The molecule has 0 bridgehead atoms. The Labute approximate surface area is 78.6 Å². The fourth-order valence-corrected chi connectivity index (χ4v) is 1.37. The summed E-state index contributed by atoms with van der Waals surface area (Å²) in [4.78, 5) is 21.4. The summed E-state index contributed by atoms with van der Waals surface area (Å²) in [5, 5.41) is 0.954. The summed E-state index contributed by atoms with van der Waals surface area (Å²) in [5.41, 5.74) is 1.04. The molecular weight excluding hydrogens is 190 g/mol. The molecule has 0 unspecified atom stereocenters. The quantitative estimate of drug-likeness (QED) is 0.645. The van der Waals surface area contributed by atoms with Crippen molar-refractivity contribution in [2.75, 3.05) is 0 Å². The summed E-state index contributed by atoms with van der Waals surface area (Å²) in [5.74, 6) is 0. The molecule has 13 heavy (non-hydrogen) atoms. The fourth-order valence-electron chi connectivity index (χ4n) is 1.16. The Hall–Kier alpha value is -1.42. The molecule has 0 amide bonds. The van der Waals surface area contributed by atoms with Crippen LogP contribution in [0.4, 0.5) is 0 Å². The van der Waals surface area contributed by atoms with E-state index in [9.17, 15) is 4.79 Å². The molecule has 4 nitrogen and oxygen atoms in total. The summed E-state index contributed by atoms with van der Waals surface area (Å²) in [6, 6.07) is 3.12. The van der Waals surface area contributed by atoms with Crippen molar-refractivity contribution in [1.29, 1.82) is 0 Å². The van der Waals surface area contributed by atoms with E-state index < -0.39 is 0 Å². The second kappa shape index (κ2) is 2.81. The van der Waals surface area contributed by atoms with Gasteiger partial charge in [0, 0.05) is 11.5 Å². The van der Waals surface area contributed by atoms with Gasteiger partial charge in [-0.05, 0) is 24.6 Å². The van der Waals surface area contributed by atoms with Gasteiger partial charge in [-0.1, -0.05) is 0 Å². The van der Waals surface area contributed by atoms with E-state index >= 15 is 0 Å². The van der Waals surface area contributed by atoms with E-state index in [1.807, 2.05) is 6.92 Å². The average Bonchev–Trinajstić information content (AvgIpc) is 2.02. The Balaban J connectivity index is 2.94. The summed E-state index contributed by atoms with van der Waals surface area (Å²) >= 11 is 5.63. The monoisotopic (exact) mass is 195 g/mol. The van der Waals surface area contributed by atoms with Gasteiger partial charge in [0.15, 0.2) is 0 Å². The number of rotatable bonds is 0. The lowest BCUT2D eigenvalue weighted by atomic mass is 10.2. The summed E-state index contributed by atoms with van der Waals surface area (Å²) in [6.07, 6.45) is 0. The first-order valence-electron chi connectivity index (χ1n) is 3.70. The van der Waals surface area contributed by atoms with Crippen LogP contribution in [-0.4, -0.2) is 15.0 Å². The van der Waals surface area contributed by atoms with Crippen LogP contribution in [0.25, 0.3) is 11.0 Å². The Morgan fingerprint density at radius 3 is 2.92 bits per heavy atom. The smallest absolute Gasteiger partial charge is 0.249 e. The lowest BCUT2D eigenvalue weighted by Gasteiger charge is -1.99. The average molecular weight is 196 g/mol. The molecule has 0 radical (unpaired) electrons. The third kappa shape index (κ3) is 1.40. The number of aryl methyl sites for hydroxylation is 1. The van der Waals surface area contributed by atoms with Crippen molar-refractivity contribution >= 4 is 22.6 Å². The number of halogens is 1. The van der Waals surface area contributed by atoms with Gasteiger partial charge in [-0.25, -0.2) is 4.98 Å². The Morgan fingerprint density at radius 1 is 1.38 bits per heavy atom. The van der Waals surface area contributed by atoms with Crippen LogP contribution in [0.5, 0.6) is 0 Å². The lowest BCUT2D eigenvalue weighted by Crippen LogP contribution is -2.05. The number of hydrogen-bond donors (Lipinski definition) is 1. The minimum Gasteiger partial charge on any atom is -0.306 e. The van der Waals surface area contributed by atoms with Crippen LogP contribution < -0.4 is 5.56 Å². The molecule has 0 atom stereocenters. The maximum atomic E-state index is 10.9. The van der Waals surface area contributed by atoms with Gasteiger partial charge in [0.1, 0.15) is 5.65 Å². The van der Waals surface area contributed by atoms with Gasteiger partial charge in [0.2, 0.25) is 10.8 Å². The van der Waals surface area contributed by atoms with Crippen LogP contribution in [0.1, 0.15) is 5.69 Å². The SMILES string of the molecule is Cc1nc(Cl)nc2[nH]c(=O)ccc12. The molecule has 5 heteroatoms. The molecule has 66 valence electrons. The molecule has 2 heterocycles. The number of nitrogens with one attached hydrogen (secondary N) is 1. The van der Waals surface area contributed by atoms with Crippen LogP contribution in [0, 0.1) is 6.92 Å². The first kappa shape index (κ1) is 8.19. The summed E-state index contributed by atoms with van der Waals surface area (Å²) in [7, 11) is 0. The summed E-state index contributed by atoms with van der Waals surface area (Å²) < 4.78 is 0. The normalized spacial score (nSPS) is 10.6. The number of H-pyrrole nitrogens is 1. The zero-order valence-corrected chi connectivity index (χ0v) is 7.59. The number of fused-ring (bicyclic) bond motifs is 1. The number of pyridine rings is 1. The van der Waals surface area contributed by atoms with Crippen molar-refractivity contribution in [3.63, 3.8) is 0 Å². The molecule has 0 fully saturated rings. The second-order valence-electron chi connectivity index (χ2n) is 2.66. The number of aromatic amines is 1. The Kier molecular flexibility index (Phi) is 1.77. The van der Waals surface area contributed by atoms with Crippen molar-refractivity contribution < 1.29 is 0 Å². The molecule has 0 aliphatic heterocycles. The summed E-state index contributed by atoms with van der Waals surface area (Å²) in [6.45, 7) is 1.81. The van der Waals surface area contributed by atoms with E-state index in [-0.39, 0.29) is 10.8 Å². The van der Waals surface area contributed by atoms with Crippen molar-refractivity contribution in [3.8, 4) is 0 Å². The highest BCUT2D eigenvalue weighted by Crippen LogP contribution is 2.12. The Morgan fingerprint density at radius 2 is 2.15 bits per heavy atom. The molecule has 1 N–H and O–H groups in total. The lowest BCUT2D eigenvalue weighted by molar-refractivity contribution is 1.11. The zero-order chi connectivity index (χ0) is 9.42.